The molecule has 0 atom stereocenters. The average Bonchev–Trinajstić information content (AvgIpc) is 2.98. The molecule has 2 aromatic carbocycles. The van der Waals surface area contributed by atoms with Gasteiger partial charge in [0.25, 0.3) is 11.8 Å². The topological polar surface area (TPSA) is 66.9 Å². The number of benzene rings is 2. The number of nitrogens with zero attached hydrogens (tertiary/aromatic N) is 2. The fourth-order valence-electron chi connectivity index (χ4n) is 3.35. The summed E-state index contributed by atoms with van der Waals surface area (Å²) in [5.41, 5.74) is -0.282. The number of amides is 2. The van der Waals surface area contributed by atoms with Crippen molar-refractivity contribution in [2.24, 2.45) is 0 Å². The molecule has 2 aromatic rings. The van der Waals surface area contributed by atoms with E-state index in [2.05, 4.69) is 0 Å². The van der Waals surface area contributed by atoms with E-state index in [1.165, 1.54) is 30.0 Å². The first-order valence-electron chi connectivity index (χ1n) is 9.69. The molecule has 2 amide bonds. The van der Waals surface area contributed by atoms with E-state index in [4.69, 9.17) is 4.74 Å². The quantitative estimate of drug-likeness (QED) is 0.547. The predicted molar refractivity (Wildman–Crippen MR) is 106 cm³/mol. The van der Waals surface area contributed by atoms with E-state index in [1.807, 2.05) is 0 Å². The third-order valence-corrected chi connectivity index (χ3v) is 4.87. The summed E-state index contributed by atoms with van der Waals surface area (Å²) in [6, 6.07) is 10.4. The van der Waals surface area contributed by atoms with Crippen molar-refractivity contribution in [1.29, 1.82) is 0 Å². The Labute approximate surface area is 177 Å². The smallest absolute Gasteiger partial charge is 0.416 e. The second-order valence-corrected chi connectivity index (χ2v) is 7.13. The molecule has 1 aliphatic rings. The molecule has 9 heteroatoms. The van der Waals surface area contributed by atoms with Gasteiger partial charge in [-0.05, 0) is 48.9 Å². The Kier molecular flexibility index (Phi) is 6.62. The minimum atomic E-state index is -4.46. The van der Waals surface area contributed by atoms with Crippen LogP contribution in [0.1, 0.15) is 39.6 Å². The summed E-state index contributed by atoms with van der Waals surface area (Å²) in [5, 5.41) is 0. The highest BCUT2D eigenvalue weighted by atomic mass is 19.4. The third kappa shape index (κ3) is 5.62. The number of ether oxygens (including phenoxy) is 1. The van der Waals surface area contributed by atoms with Crippen molar-refractivity contribution in [1.82, 2.24) is 9.80 Å². The van der Waals surface area contributed by atoms with Crippen LogP contribution in [0.25, 0.3) is 0 Å². The lowest BCUT2D eigenvalue weighted by molar-refractivity contribution is -0.137. The van der Waals surface area contributed by atoms with Gasteiger partial charge in [-0.3, -0.25) is 14.4 Å². The standard InChI is InChI=1S/C22H21F3N2O4/c1-15(28)31-19-5-2-4-17(14-19)21(30)27-11-3-10-26(12-13-27)20(29)16-6-8-18(9-7-16)22(23,24)25/h2,4-9,14H,3,10-13H2,1H3. The molecular formula is C22H21F3N2O4. The zero-order chi connectivity index (χ0) is 22.6. The molecule has 0 unspecified atom stereocenters. The summed E-state index contributed by atoms with van der Waals surface area (Å²) in [6.45, 7) is 2.62. The van der Waals surface area contributed by atoms with Gasteiger partial charge in [-0.15, -0.1) is 0 Å². The van der Waals surface area contributed by atoms with Crippen LogP contribution in [0.2, 0.25) is 0 Å². The van der Waals surface area contributed by atoms with Crippen molar-refractivity contribution < 1.29 is 32.3 Å². The van der Waals surface area contributed by atoms with Gasteiger partial charge in [0.1, 0.15) is 5.75 Å². The van der Waals surface area contributed by atoms with E-state index in [9.17, 15) is 27.6 Å². The van der Waals surface area contributed by atoms with Gasteiger partial charge in [0, 0.05) is 44.2 Å². The second kappa shape index (κ2) is 9.20. The van der Waals surface area contributed by atoms with E-state index in [0.29, 0.717) is 25.1 Å². The molecule has 3 rings (SSSR count). The first-order valence-corrected chi connectivity index (χ1v) is 9.69. The summed E-state index contributed by atoms with van der Waals surface area (Å²) < 4.78 is 43.2. The van der Waals surface area contributed by atoms with E-state index in [1.54, 1.807) is 23.1 Å². The molecule has 0 N–H and O–H groups in total. The number of carbonyl (C=O) groups excluding carboxylic acids is 3. The highest BCUT2D eigenvalue weighted by Crippen LogP contribution is 2.29. The van der Waals surface area contributed by atoms with Gasteiger partial charge in [-0.2, -0.15) is 13.2 Å². The summed E-state index contributed by atoms with van der Waals surface area (Å²) in [6.07, 6.45) is -3.93. The lowest BCUT2D eigenvalue weighted by Crippen LogP contribution is -2.37. The molecule has 1 heterocycles. The minimum Gasteiger partial charge on any atom is -0.427 e. The van der Waals surface area contributed by atoms with Crippen LogP contribution in [0.5, 0.6) is 5.75 Å². The molecule has 0 bridgehead atoms. The molecule has 31 heavy (non-hydrogen) atoms. The van der Waals surface area contributed by atoms with Crippen molar-refractivity contribution >= 4 is 17.8 Å². The van der Waals surface area contributed by atoms with Crippen molar-refractivity contribution in [2.45, 2.75) is 19.5 Å². The number of hydrogen-bond acceptors (Lipinski definition) is 4. The maximum atomic E-state index is 12.8. The molecule has 1 aliphatic heterocycles. The fourth-order valence-corrected chi connectivity index (χ4v) is 3.35. The number of alkyl halides is 3. The molecule has 0 aromatic heterocycles. The van der Waals surface area contributed by atoms with Crippen LogP contribution < -0.4 is 4.74 Å². The van der Waals surface area contributed by atoms with Crippen LogP contribution >= 0.6 is 0 Å². The first-order chi connectivity index (χ1) is 14.6. The number of carbonyl (C=O) groups is 3. The zero-order valence-corrected chi connectivity index (χ0v) is 16.8. The molecule has 6 nitrogen and oxygen atoms in total. The van der Waals surface area contributed by atoms with E-state index >= 15 is 0 Å². The Morgan fingerprint density at radius 1 is 0.839 bits per heavy atom. The van der Waals surface area contributed by atoms with Gasteiger partial charge < -0.3 is 14.5 Å². The Hall–Kier alpha value is -3.36. The molecule has 0 radical (unpaired) electrons. The average molecular weight is 434 g/mol. The van der Waals surface area contributed by atoms with Crippen molar-refractivity contribution in [2.75, 3.05) is 26.2 Å². The van der Waals surface area contributed by atoms with Crippen molar-refractivity contribution in [3.05, 3.63) is 65.2 Å². The first kappa shape index (κ1) is 22.3. The lowest BCUT2D eigenvalue weighted by atomic mass is 10.1. The minimum absolute atomic E-state index is 0.168. The molecule has 0 aliphatic carbocycles. The maximum Gasteiger partial charge on any atom is 0.416 e. The van der Waals surface area contributed by atoms with E-state index in [0.717, 1.165) is 12.1 Å². The molecule has 1 fully saturated rings. The van der Waals surface area contributed by atoms with Gasteiger partial charge >= 0.3 is 12.1 Å². The van der Waals surface area contributed by atoms with Crippen LogP contribution in [-0.2, 0) is 11.0 Å². The van der Waals surface area contributed by atoms with Crippen LogP contribution in [0.4, 0.5) is 13.2 Å². The summed E-state index contributed by atoms with van der Waals surface area (Å²) in [4.78, 5) is 39.8. The Morgan fingerprint density at radius 3 is 1.97 bits per heavy atom. The number of halogens is 3. The number of hydrogen-bond donors (Lipinski definition) is 0. The lowest BCUT2D eigenvalue weighted by Gasteiger charge is -2.22. The molecular weight excluding hydrogens is 413 g/mol. The van der Waals surface area contributed by atoms with Gasteiger partial charge in [0.15, 0.2) is 0 Å². The second-order valence-electron chi connectivity index (χ2n) is 7.13. The van der Waals surface area contributed by atoms with Crippen molar-refractivity contribution in [3.63, 3.8) is 0 Å². The summed E-state index contributed by atoms with van der Waals surface area (Å²) >= 11 is 0. The van der Waals surface area contributed by atoms with Gasteiger partial charge in [0.2, 0.25) is 0 Å². The highest BCUT2D eigenvalue weighted by molar-refractivity contribution is 5.96. The number of esters is 1. The predicted octanol–water partition coefficient (Wildman–Crippen LogP) is 3.62. The summed E-state index contributed by atoms with van der Waals surface area (Å²) in [5.74, 6) is -0.846. The third-order valence-electron chi connectivity index (χ3n) is 4.87. The summed E-state index contributed by atoms with van der Waals surface area (Å²) in [7, 11) is 0. The van der Waals surface area contributed by atoms with Crippen LogP contribution in [0, 0.1) is 0 Å². The Bertz CT molecular complexity index is 973. The molecule has 0 spiro atoms. The van der Waals surface area contributed by atoms with Gasteiger partial charge in [0.05, 0.1) is 5.56 Å². The van der Waals surface area contributed by atoms with Crippen molar-refractivity contribution in [3.8, 4) is 5.75 Å². The zero-order valence-electron chi connectivity index (χ0n) is 16.8. The molecule has 164 valence electrons. The Balaban J connectivity index is 1.65. The van der Waals surface area contributed by atoms with E-state index in [-0.39, 0.29) is 36.2 Å². The monoisotopic (exact) mass is 434 g/mol. The fraction of sp³-hybridized carbons (Fsp3) is 0.318. The van der Waals surface area contributed by atoms with Gasteiger partial charge in [-0.1, -0.05) is 6.07 Å². The van der Waals surface area contributed by atoms with Crippen LogP contribution in [-0.4, -0.2) is 53.8 Å². The molecule has 0 saturated carbocycles. The largest absolute Gasteiger partial charge is 0.427 e. The maximum absolute atomic E-state index is 12.8. The Morgan fingerprint density at radius 2 is 1.42 bits per heavy atom. The normalized spacial score (nSPS) is 14.7. The van der Waals surface area contributed by atoms with Gasteiger partial charge in [-0.25, -0.2) is 0 Å². The SMILES string of the molecule is CC(=O)Oc1cccc(C(=O)N2CCCN(C(=O)c3ccc(C(F)(F)F)cc3)CC2)c1. The highest BCUT2D eigenvalue weighted by Gasteiger charge is 2.30. The van der Waals surface area contributed by atoms with E-state index < -0.39 is 17.7 Å². The van der Waals surface area contributed by atoms with Crippen LogP contribution in [0.15, 0.2) is 48.5 Å². The molecule has 1 saturated heterocycles. The van der Waals surface area contributed by atoms with Crippen LogP contribution in [0.3, 0.4) is 0 Å². The number of rotatable bonds is 3.